The fourth-order valence-electron chi connectivity index (χ4n) is 1.59. The summed E-state index contributed by atoms with van der Waals surface area (Å²) in [6.07, 6.45) is 0. The number of hydrogen-bond donors (Lipinski definition) is 2. The molecule has 16 heavy (non-hydrogen) atoms. The van der Waals surface area contributed by atoms with Crippen molar-refractivity contribution in [2.75, 3.05) is 13.7 Å². The van der Waals surface area contributed by atoms with E-state index in [1.165, 1.54) is 5.56 Å². The molecule has 1 heterocycles. The highest BCUT2D eigenvalue weighted by Gasteiger charge is 2.11. The number of aliphatic imine (C=N–C) groups is 1. The van der Waals surface area contributed by atoms with E-state index in [0.29, 0.717) is 6.04 Å². The predicted octanol–water partition coefficient (Wildman–Crippen LogP) is 1.13. The smallest absolute Gasteiger partial charge is 0.191 e. The minimum atomic E-state index is 0.443. The summed E-state index contributed by atoms with van der Waals surface area (Å²) < 4.78 is 5.10. The molecule has 0 bridgehead atoms. The molecule has 1 atom stereocenters. The second kappa shape index (κ2) is 4.88. The van der Waals surface area contributed by atoms with Crippen molar-refractivity contribution >= 4 is 5.96 Å². The van der Waals surface area contributed by atoms with Crippen molar-refractivity contribution in [1.29, 1.82) is 0 Å². The Bertz CT molecular complexity index is 372. The van der Waals surface area contributed by atoms with Crippen LogP contribution in [0.5, 0.6) is 5.75 Å². The average molecular weight is 219 g/mol. The number of ether oxygens (including phenoxy) is 1. The lowest BCUT2D eigenvalue weighted by Gasteiger charge is -2.09. The third-order valence-corrected chi connectivity index (χ3v) is 2.53. The van der Waals surface area contributed by atoms with Crippen LogP contribution in [0, 0.1) is 0 Å². The SMILES string of the molecule is COc1ccc(CNC2=NCC(C)N2)cc1. The van der Waals surface area contributed by atoms with Gasteiger partial charge in [0.15, 0.2) is 5.96 Å². The van der Waals surface area contributed by atoms with Crippen molar-refractivity contribution < 1.29 is 4.74 Å². The second-order valence-electron chi connectivity index (χ2n) is 3.94. The minimum Gasteiger partial charge on any atom is -0.497 e. The molecule has 1 aliphatic rings. The fourth-order valence-corrected chi connectivity index (χ4v) is 1.59. The van der Waals surface area contributed by atoms with Gasteiger partial charge < -0.3 is 15.4 Å². The number of guanidine groups is 1. The zero-order valence-corrected chi connectivity index (χ0v) is 9.66. The van der Waals surface area contributed by atoms with E-state index in [2.05, 4.69) is 22.5 Å². The first-order valence-corrected chi connectivity index (χ1v) is 5.45. The molecule has 0 fully saturated rings. The predicted molar refractivity (Wildman–Crippen MR) is 64.7 cm³/mol. The molecule has 2 rings (SSSR count). The number of hydrogen-bond acceptors (Lipinski definition) is 4. The van der Waals surface area contributed by atoms with Gasteiger partial charge in [0.05, 0.1) is 13.7 Å². The van der Waals surface area contributed by atoms with Gasteiger partial charge in [0.1, 0.15) is 5.75 Å². The molecule has 1 unspecified atom stereocenters. The quantitative estimate of drug-likeness (QED) is 0.801. The maximum Gasteiger partial charge on any atom is 0.191 e. The van der Waals surface area contributed by atoms with Crippen molar-refractivity contribution in [3.8, 4) is 5.75 Å². The molecule has 0 saturated carbocycles. The molecular weight excluding hydrogens is 202 g/mol. The van der Waals surface area contributed by atoms with Gasteiger partial charge in [-0.1, -0.05) is 12.1 Å². The van der Waals surface area contributed by atoms with Crippen LogP contribution in [0.2, 0.25) is 0 Å². The van der Waals surface area contributed by atoms with Gasteiger partial charge in [0.25, 0.3) is 0 Å². The molecule has 0 aromatic heterocycles. The Morgan fingerprint density at radius 1 is 1.44 bits per heavy atom. The summed E-state index contributed by atoms with van der Waals surface area (Å²) in [6, 6.07) is 8.46. The molecule has 1 aliphatic heterocycles. The van der Waals surface area contributed by atoms with Crippen LogP contribution in [0.15, 0.2) is 29.3 Å². The van der Waals surface area contributed by atoms with Crippen LogP contribution in [0.25, 0.3) is 0 Å². The Hall–Kier alpha value is -1.71. The first kappa shape index (κ1) is 10.8. The van der Waals surface area contributed by atoms with Crippen molar-refractivity contribution in [3.05, 3.63) is 29.8 Å². The maximum absolute atomic E-state index is 5.10. The minimum absolute atomic E-state index is 0.443. The summed E-state index contributed by atoms with van der Waals surface area (Å²) in [7, 11) is 1.67. The molecule has 0 amide bonds. The summed E-state index contributed by atoms with van der Waals surface area (Å²) in [4.78, 5) is 4.34. The Morgan fingerprint density at radius 3 is 2.75 bits per heavy atom. The molecule has 4 heteroatoms. The van der Waals surface area contributed by atoms with Crippen molar-refractivity contribution in [2.24, 2.45) is 4.99 Å². The van der Waals surface area contributed by atoms with Gasteiger partial charge in [-0.2, -0.15) is 0 Å². The summed E-state index contributed by atoms with van der Waals surface area (Å²) in [5.74, 6) is 1.78. The highest BCUT2D eigenvalue weighted by Crippen LogP contribution is 2.10. The van der Waals surface area contributed by atoms with E-state index in [-0.39, 0.29) is 0 Å². The van der Waals surface area contributed by atoms with E-state index in [1.54, 1.807) is 7.11 Å². The monoisotopic (exact) mass is 219 g/mol. The average Bonchev–Trinajstić information content (AvgIpc) is 2.73. The van der Waals surface area contributed by atoms with Crippen LogP contribution in [0.3, 0.4) is 0 Å². The zero-order valence-electron chi connectivity index (χ0n) is 9.66. The van der Waals surface area contributed by atoms with Crippen molar-refractivity contribution in [3.63, 3.8) is 0 Å². The number of nitrogens with one attached hydrogen (secondary N) is 2. The Labute approximate surface area is 95.7 Å². The van der Waals surface area contributed by atoms with Gasteiger partial charge in [0.2, 0.25) is 0 Å². The molecule has 4 nitrogen and oxygen atoms in total. The Morgan fingerprint density at radius 2 is 2.19 bits per heavy atom. The third-order valence-electron chi connectivity index (χ3n) is 2.53. The van der Waals surface area contributed by atoms with Crippen LogP contribution in [-0.2, 0) is 6.54 Å². The first-order valence-electron chi connectivity index (χ1n) is 5.45. The van der Waals surface area contributed by atoms with Gasteiger partial charge in [0, 0.05) is 12.6 Å². The lowest BCUT2D eigenvalue weighted by molar-refractivity contribution is 0.414. The van der Waals surface area contributed by atoms with Crippen molar-refractivity contribution in [1.82, 2.24) is 10.6 Å². The van der Waals surface area contributed by atoms with E-state index in [4.69, 9.17) is 4.74 Å². The number of benzene rings is 1. The summed E-state index contributed by atoms with van der Waals surface area (Å²) in [5, 5.41) is 6.52. The number of rotatable bonds is 3. The van der Waals surface area contributed by atoms with Gasteiger partial charge >= 0.3 is 0 Å². The van der Waals surface area contributed by atoms with Crippen LogP contribution in [-0.4, -0.2) is 25.7 Å². The van der Waals surface area contributed by atoms with Crippen LogP contribution in [0.1, 0.15) is 12.5 Å². The largest absolute Gasteiger partial charge is 0.497 e. The van der Waals surface area contributed by atoms with Gasteiger partial charge in [-0.05, 0) is 24.6 Å². The summed E-state index contributed by atoms with van der Waals surface area (Å²) >= 11 is 0. The molecule has 0 radical (unpaired) electrons. The summed E-state index contributed by atoms with van der Waals surface area (Å²) in [6.45, 7) is 3.75. The van der Waals surface area contributed by atoms with Gasteiger partial charge in [-0.3, -0.25) is 4.99 Å². The Kier molecular flexibility index (Phi) is 3.29. The Balaban J connectivity index is 1.85. The number of methoxy groups -OCH3 is 1. The number of nitrogens with zero attached hydrogens (tertiary/aromatic N) is 1. The molecule has 86 valence electrons. The topological polar surface area (TPSA) is 45.6 Å². The summed E-state index contributed by atoms with van der Waals surface area (Å²) in [5.41, 5.74) is 1.21. The lowest BCUT2D eigenvalue weighted by atomic mass is 10.2. The molecule has 1 aromatic rings. The molecule has 2 N–H and O–H groups in total. The molecule has 1 aromatic carbocycles. The lowest BCUT2D eigenvalue weighted by Crippen LogP contribution is -2.37. The second-order valence-corrected chi connectivity index (χ2v) is 3.94. The zero-order chi connectivity index (χ0) is 11.4. The van der Waals surface area contributed by atoms with Crippen LogP contribution in [0.4, 0.5) is 0 Å². The van der Waals surface area contributed by atoms with E-state index < -0.39 is 0 Å². The van der Waals surface area contributed by atoms with Gasteiger partial charge in [-0.15, -0.1) is 0 Å². The standard InChI is InChI=1S/C12H17N3O/c1-9-7-13-12(15-9)14-8-10-3-5-11(16-2)6-4-10/h3-6,9H,7-8H2,1-2H3,(H2,13,14,15). The third kappa shape index (κ3) is 2.66. The van der Waals surface area contributed by atoms with E-state index in [0.717, 1.165) is 24.8 Å². The molecular formula is C12H17N3O. The maximum atomic E-state index is 5.10. The van der Waals surface area contributed by atoms with Crippen LogP contribution >= 0.6 is 0 Å². The van der Waals surface area contributed by atoms with E-state index >= 15 is 0 Å². The first-order chi connectivity index (χ1) is 7.78. The highest BCUT2D eigenvalue weighted by molar-refractivity contribution is 5.81. The van der Waals surface area contributed by atoms with E-state index in [1.807, 2.05) is 24.3 Å². The highest BCUT2D eigenvalue weighted by atomic mass is 16.5. The van der Waals surface area contributed by atoms with Gasteiger partial charge in [-0.25, -0.2) is 0 Å². The van der Waals surface area contributed by atoms with Crippen LogP contribution < -0.4 is 15.4 Å². The molecule has 0 saturated heterocycles. The molecule has 0 spiro atoms. The fraction of sp³-hybridized carbons (Fsp3) is 0.417. The van der Waals surface area contributed by atoms with E-state index in [9.17, 15) is 0 Å². The van der Waals surface area contributed by atoms with Crippen molar-refractivity contribution in [2.45, 2.75) is 19.5 Å². The normalized spacial score (nSPS) is 18.9. The molecule has 0 aliphatic carbocycles.